The summed E-state index contributed by atoms with van der Waals surface area (Å²) in [5.74, 6) is -0.850. The number of rotatable bonds is 8. The van der Waals surface area contributed by atoms with Crippen molar-refractivity contribution < 1.29 is 9.59 Å². The molecular formula is C16H31NO2Si. The minimum Gasteiger partial charge on any atom is -0.374 e. The van der Waals surface area contributed by atoms with Crippen LogP contribution in [0.4, 0.5) is 0 Å². The number of hydrogen-bond acceptors (Lipinski definition) is 2. The molecule has 0 heterocycles. The summed E-state index contributed by atoms with van der Waals surface area (Å²) < 4.78 is 0. The summed E-state index contributed by atoms with van der Waals surface area (Å²) in [4.78, 5) is 27.2. The van der Waals surface area contributed by atoms with Crippen molar-refractivity contribution in [2.45, 2.75) is 77.9 Å². The maximum atomic E-state index is 12.2. The van der Waals surface area contributed by atoms with E-state index in [1.54, 1.807) is 6.08 Å². The lowest BCUT2D eigenvalue weighted by Gasteiger charge is -2.42. The molecule has 0 fully saturated rings. The molecule has 0 aromatic carbocycles. The number of nitrogens with one attached hydrogen (secondary N) is 1. The number of carbonyl (C=O) groups excluding carboxylic acids is 2. The van der Waals surface area contributed by atoms with Crippen molar-refractivity contribution in [2.24, 2.45) is 0 Å². The van der Waals surface area contributed by atoms with E-state index in [0.29, 0.717) is 16.6 Å². The topological polar surface area (TPSA) is 46.2 Å². The van der Waals surface area contributed by atoms with Crippen LogP contribution >= 0.6 is 0 Å². The Morgan fingerprint density at radius 2 is 1.45 bits per heavy atom. The Bertz CT molecular complexity index is 338. The van der Waals surface area contributed by atoms with E-state index < -0.39 is 19.9 Å². The number of amides is 1. The molecule has 0 rings (SSSR count). The molecule has 0 unspecified atom stereocenters. The summed E-state index contributed by atoms with van der Waals surface area (Å²) in [5, 5.41) is 0. The third-order valence-electron chi connectivity index (χ3n) is 4.14. The van der Waals surface area contributed by atoms with Crippen molar-refractivity contribution in [2.75, 3.05) is 0 Å². The highest BCUT2D eigenvalue weighted by atomic mass is 28.3. The fourth-order valence-electron chi connectivity index (χ4n) is 3.12. The van der Waals surface area contributed by atoms with Gasteiger partial charge in [-0.1, -0.05) is 61.0 Å². The van der Waals surface area contributed by atoms with Crippen LogP contribution in [0.1, 0.15) is 61.3 Å². The molecule has 0 aliphatic carbocycles. The van der Waals surface area contributed by atoms with Crippen LogP contribution in [0, 0.1) is 0 Å². The Hall–Kier alpha value is -0.903. The molecule has 0 atom stereocenters. The zero-order valence-electron chi connectivity index (χ0n) is 14.1. The van der Waals surface area contributed by atoms with Gasteiger partial charge in [-0.05, 0) is 29.1 Å². The Morgan fingerprint density at radius 1 is 1.00 bits per heavy atom. The van der Waals surface area contributed by atoms with Crippen LogP contribution in [0.2, 0.25) is 16.6 Å². The number of ketones is 1. The minimum atomic E-state index is -2.06. The Morgan fingerprint density at radius 3 is 1.80 bits per heavy atom. The van der Waals surface area contributed by atoms with Crippen molar-refractivity contribution in [1.82, 2.24) is 4.98 Å². The number of carbonyl (C=O) groups is 2. The van der Waals surface area contributed by atoms with E-state index in [2.05, 4.69) is 46.5 Å². The van der Waals surface area contributed by atoms with Gasteiger partial charge < -0.3 is 4.98 Å². The van der Waals surface area contributed by atoms with E-state index >= 15 is 0 Å². The fourth-order valence-corrected chi connectivity index (χ4v) is 8.51. The van der Waals surface area contributed by atoms with Gasteiger partial charge >= 0.3 is 0 Å². The SMILES string of the molecule is CCC/C=C\C(=O)C(=O)N[Si](C(C)C)(C(C)C)C(C)C. The lowest BCUT2D eigenvalue weighted by molar-refractivity contribution is -0.134. The number of unbranched alkanes of at least 4 members (excludes halogenated alkanes) is 1. The molecule has 0 aromatic rings. The highest BCUT2D eigenvalue weighted by Gasteiger charge is 2.45. The second-order valence-corrected chi connectivity index (χ2v) is 12.0. The van der Waals surface area contributed by atoms with Crippen molar-refractivity contribution in [3.8, 4) is 0 Å². The second kappa shape index (κ2) is 8.40. The first-order valence-corrected chi connectivity index (χ1v) is 9.96. The molecule has 0 aliphatic rings. The van der Waals surface area contributed by atoms with Gasteiger partial charge in [-0.2, -0.15) is 0 Å². The van der Waals surface area contributed by atoms with Gasteiger partial charge in [-0.25, -0.2) is 0 Å². The molecule has 3 nitrogen and oxygen atoms in total. The standard InChI is InChI=1S/C16H31NO2Si/c1-8-9-10-11-15(18)16(19)17-20(12(2)3,13(4)5)14(6)7/h10-14H,8-9H2,1-7H3,(H,17,19)/b11-10-. The predicted octanol–water partition coefficient (Wildman–Crippen LogP) is 4.20. The van der Waals surface area contributed by atoms with Gasteiger partial charge in [0.25, 0.3) is 5.91 Å². The van der Waals surface area contributed by atoms with Crippen LogP contribution in [0.25, 0.3) is 0 Å². The maximum Gasteiger partial charge on any atom is 0.284 e. The summed E-state index contributed by atoms with van der Waals surface area (Å²) in [6, 6.07) is 0. The van der Waals surface area contributed by atoms with E-state index in [4.69, 9.17) is 0 Å². The van der Waals surface area contributed by atoms with Gasteiger partial charge in [0.15, 0.2) is 8.24 Å². The average Bonchev–Trinajstić information content (AvgIpc) is 2.34. The van der Waals surface area contributed by atoms with Crippen molar-refractivity contribution in [3.63, 3.8) is 0 Å². The molecule has 0 spiro atoms. The Kier molecular flexibility index (Phi) is 8.02. The summed E-state index contributed by atoms with van der Waals surface area (Å²) >= 11 is 0. The lowest BCUT2D eigenvalue weighted by atomic mass is 10.2. The molecule has 0 radical (unpaired) electrons. The first-order chi connectivity index (χ1) is 9.20. The van der Waals surface area contributed by atoms with Gasteiger partial charge in [0.1, 0.15) is 0 Å². The first kappa shape index (κ1) is 19.1. The smallest absolute Gasteiger partial charge is 0.284 e. The summed E-state index contributed by atoms with van der Waals surface area (Å²) in [6.07, 6.45) is 5.01. The molecule has 0 aromatic heterocycles. The number of hydrogen-bond donors (Lipinski definition) is 1. The third kappa shape index (κ3) is 4.58. The highest BCUT2D eigenvalue weighted by molar-refractivity contribution is 6.84. The van der Waals surface area contributed by atoms with E-state index in [-0.39, 0.29) is 0 Å². The summed E-state index contributed by atoms with van der Waals surface area (Å²) in [7, 11) is -2.06. The van der Waals surface area contributed by atoms with E-state index in [0.717, 1.165) is 12.8 Å². The molecule has 1 N–H and O–H groups in total. The van der Waals surface area contributed by atoms with Crippen LogP contribution in [0.15, 0.2) is 12.2 Å². The predicted molar refractivity (Wildman–Crippen MR) is 88.2 cm³/mol. The third-order valence-corrected chi connectivity index (χ3v) is 10.5. The van der Waals surface area contributed by atoms with Gasteiger partial charge in [-0.3, -0.25) is 9.59 Å². The van der Waals surface area contributed by atoms with Crippen molar-refractivity contribution in [1.29, 1.82) is 0 Å². The number of allylic oxidation sites excluding steroid dienone is 1. The molecule has 0 saturated carbocycles. The van der Waals surface area contributed by atoms with Crippen LogP contribution in [-0.4, -0.2) is 19.9 Å². The zero-order valence-corrected chi connectivity index (χ0v) is 15.1. The van der Waals surface area contributed by atoms with Crippen LogP contribution in [-0.2, 0) is 9.59 Å². The Balaban J connectivity index is 5.09. The van der Waals surface area contributed by atoms with Crippen LogP contribution in [0.5, 0.6) is 0 Å². The second-order valence-electron chi connectivity index (χ2n) is 6.41. The van der Waals surface area contributed by atoms with E-state index in [1.807, 2.05) is 6.92 Å². The van der Waals surface area contributed by atoms with Crippen LogP contribution < -0.4 is 4.98 Å². The van der Waals surface area contributed by atoms with Gasteiger partial charge in [-0.15, -0.1) is 0 Å². The monoisotopic (exact) mass is 297 g/mol. The molecule has 0 saturated heterocycles. The van der Waals surface area contributed by atoms with E-state index in [9.17, 15) is 9.59 Å². The fraction of sp³-hybridized carbons (Fsp3) is 0.750. The zero-order chi connectivity index (χ0) is 15.9. The maximum absolute atomic E-state index is 12.2. The van der Waals surface area contributed by atoms with E-state index in [1.165, 1.54) is 6.08 Å². The highest BCUT2D eigenvalue weighted by Crippen LogP contribution is 2.38. The van der Waals surface area contributed by atoms with Crippen molar-refractivity contribution in [3.05, 3.63) is 12.2 Å². The molecule has 20 heavy (non-hydrogen) atoms. The molecular weight excluding hydrogens is 266 g/mol. The first-order valence-electron chi connectivity index (χ1n) is 7.73. The Labute approximate surface area is 125 Å². The summed E-state index contributed by atoms with van der Waals surface area (Å²) in [6.45, 7) is 15.0. The van der Waals surface area contributed by atoms with Gasteiger partial charge in [0.2, 0.25) is 5.78 Å². The summed E-state index contributed by atoms with van der Waals surface area (Å²) in [5.41, 5.74) is 1.21. The molecule has 1 amide bonds. The quantitative estimate of drug-likeness (QED) is 0.414. The van der Waals surface area contributed by atoms with Crippen LogP contribution in [0.3, 0.4) is 0 Å². The van der Waals surface area contributed by atoms with Gasteiger partial charge in [0, 0.05) is 0 Å². The average molecular weight is 298 g/mol. The van der Waals surface area contributed by atoms with Gasteiger partial charge in [0.05, 0.1) is 0 Å². The normalized spacial score (nSPS) is 12.7. The lowest BCUT2D eigenvalue weighted by Crippen LogP contribution is -2.61. The largest absolute Gasteiger partial charge is 0.374 e. The molecule has 4 heteroatoms. The van der Waals surface area contributed by atoms with Crippen molar-refractivity contribution >= 4 is 19.9 Å². The molecule has 0 bridgehead atoms. The molecule has 116 valence electrons. The molecule has 0 aliphatic heterocycles. The minimum absolute atomic E-state index is 0.402.